The zero-order valence-electron chi connectivity index (χ0n) is 15.6. The summed E-state index contributed by atoms with van der Waals surface area (Å²) in [5, 5.41) is 2.93. The maximum Gasteiger partial charge on any atom is 0.228 e. The normalized spacial score (nSPS) is 20.6. The van der Waals surface area contributed by atoms with Gasteiger partial charge in [-0.15, -0.1) is 0 Å². The van der Waals surface area contributed by atoms with Gasteiger partial charge in [0, 0.05) is 44.2 Å². The first-order valence-electron chi connectivity index (χ1n) is 9.79. The topological polar surface area (TPSA) is 61.4 Å². The Hall–Kier alpha value is -1.69. The minimum absolute atomic E-state index is 0.0124. The first-order chi connectivity index (χ1) is 12.2. The molecule has 0 bridgehead atoms. The number of carbonyl (C=O) groups is 1. The summed E-state index contributed by atoms with van der Waals surface area (Å²) in [4.78, 5) is 25.8. The number of nitrogens with one attached hydrogen (secondary N) is 1. The van der Waals surface area contributed by atoms with Crippen LogP contribution < -0.4 is 10.2 Å². The number of aromatic nitrogens is 2. The van der Waals surface area contributed by atoms with Crippen LogP contribution in [0.3, 0.4) is 0 Å². The largest absolute Gasteiger partial charge is 0.354 e. The van der Waals surface area contributed by atoms with Crippen LogP contribution in [0.5, 0.6) is 0 Å². The third-order valence-electron chi connectivity index (χ3n) is 5.55. The third kappa shape index (κ3) is 4.69. The Morgan fingerprint density at radius 1 is 1.24 bits per heavy atom. The predicted octanol–water partition coefficient (Wildman–Crippen LogP) is 2.92. The second-order valence-electron chi connectivity index (χ2n) is 7.40. The molecule has 138 valence electrons. The smallest absolute Gasteiger partial charge is 0.228 e. The van der Waals surface area contributed by atoms with Crippen molar-refractivity contribution in [3.05, 3.63) is 12.4 Å². The van der Waals surface area contributed by atoms with Gasteiger partial charge in [-0.25, -0.2) is 9.97 Å². The number of hydrogen-bond acceptors (Lipinski definition) is 5. The minimum atomic E-state index is 0.0124. The van der Waals surface area contributed by atoms with Gasteiger partial charge in [-0.3, -0.25) is 9.69 Å². The number of amides is 1. The Bertz CT molecular complexity index is 565. The number of rotatable bonds is 6. The van der Waals surface area contributed by atoms with Gasteiger partial charge in [0.15, 0.2) is 0 Å². The molecule has 1 aliphatic heterocycles. The summed E-state index contributed by atoms with van der Waals surface area (Å²) in [5.74, 6) is 1.58. The highest BCUT2D eigenvalue weighted by Gasteiger charge is 2.26. The van der Waals surface area contributed by atoms with E-state index in [1.807, 2.05) is 13.0 Å². The quantitative estimate of drug-likeness (QED) is 0.859. The average Bonchev–Trinajstić information content (AvgIpc) is 3.17. The SMILES string of the molecule is CCCC(C)C(=O)Nc1cc(N2CCN(C3CCCC3)CC2)ncn1. The van der Waals surface area contributed by atoms with Crippen LogP contribution in [0, 0.1) is 5.92 Å². The molecule has 2 aliphatic rings. The molecule has 1 N–H and O–H groups in total. The monoisotopic (exact) mass is 345 g/mol. The van der Waals surface area contributed by atoms with Crippen molar-refractivity contribution >= 4 is 17.5 Å². The van der Waals surface area contributed by atoms with Crippen molar-refractivity contribution in [1.29, 1.82) is 0 Å². The lowest BCUT2D eigenvalue weighted by Gasteiger charge is -2.38. The lowest BCUT2D eigenvalue weighted by molar-refractivity contribution is -0.119. The Morgan fingerprint density at radius 2 is 1.96 bits per heavy atom. The van der Waals surface area contributed by atoms with E-state index >= 15 is 0 Å². The fourth-order valence-electron chi connectivity index (χ4n) is 3.99. The van der Waals surface area contributed by atoms with Crippen LogP contribution in [-0.4, -0.2) is 53.0 Å². The molecule has 1 aliphatic carbocycles. The van der Waals surface area contributed by atoms with E-state index in [4.69, 9.17) is 0 Å². The van der Waals surface area contributed by atoms with E-state index in [1.54, 1.807) is 6.33 Å². The van der Waals surface area contributed by atoms with Crippen LogP contribution in [0.4, 0.5) is 11.6 Å². The molecule has 0 aromatic carbocycles. The van der Waals surface area contributed by atoms with Crippen molar-refractivity contribution in [1.82, 2.24) is 14.9 Å². The second-order valence-corrected chi connectivity index (χ2v) is 7.40. The second kappa shape index (κ2) is 8.61. The molecule has 2 fully saturated rings. The van der Waals surface area contributed by atoms with Gasteiger partial charge < -0.3 is 10.2 Å². The molecule has 1 saturated heterocycles. The first-order valence-corrected chi connectivity index (χ1v) is 9.79. The summed E-state index contributed by atoms with van der Waals surface area (Å²) in [6, 6.07) is 2.70. The van der Waals surface area contributed by atoms with Crippen LogP contribution >= 0.6 is 0 Å². The van der Waals surface area contributed by atoms with E-state index in [-0.39, 0.29) is 11.8 Å². The molecule has 0 spiro atoms. The standard InChI is InChI=1S/C19H31N5O/c1-3-6-15(2)19(25)22-17-13-18(21-14-20-17)24-11-9-23(10-12-24)16-7-4-5-8-16/h13-16H,3-12H2,1-2H3,(H,20,21,22,25). The van der Waals surface area contributed by atoms with E-state index in [0.717, 1.165) is 50.9 Å². The van der Waals surface area contributed by atoms with Crippen LogP contribution in [0.15, 0.2) is 12.4 Å². The van der Waals surface area contributed by atoms with Crippen molar-refractivity contribution < 1.29 is 4.79 Å². The molecule has 1 atom stereocenters. The molecule has 1 aromatic rings. The molecule has 1 aromatic heterocycles. The third-order valence-corrected chi connectivity index (χ3v) is 5.55. The molecule has 2 heterocycles. The van der Waals surface area contributed by atoms with Crippen molar-refractivity contribution in [2.45, 2.75) is 58.4 Å². The number of nitrogens with zero attached hydrogens (tertiary/aromatic N) is 4. The van der Waals surface area contributed by atoms with Crippen molar-refractivity contribution in [3.63, 3.8) is 0 Å². The van der Waals surface area contributed by atoms with E-state index in [0.29, 0.717) is 5.82 Å². The Kier molecular flexibility index (Phi) is 6.24. The summed E-state index contributed by atoms with van der Waals surface area (Å²) in [6.45, 7) is 8.25. The van der Waals surface area contributed by atoms with E-state index in [2.05, 4.69) is 32.0 Å². The Labute approximate surface area is 151 Å². The number of anilines is 2. The number of carbonyl (C=O) groups excluding carboxylic acids is 1. The van der Waals surface area contributed by atoms with Gasteiger partial charge in [0.2, 0.25) is 5.91 Å². The summed E-state index contributed by atoms with van der Waals surface area (Å²) in [5.41, 5.74) is 0. The zero-order valence-corrected chi connectivity index (χ0v) is 15.6. The molecule has 6 heteroatoms. The van der Waals surface area contributed by atoms with Gasteiger partial charge in [-0.2, -0.15) is 0 Å². The molecule has 0 radical (unpaired) electrons. The zero-order chi connectivity index (χ0) is 17.6. The maximum atomic E-state index is 12.2. The van der Waals surface area contributed by atoms with E-state index < -0.39 is 0 Å². The fraction of sp³-hybridized carbons (Fsp3) is 0.737. The summed E-state index contributed by atoms with van der Waals surface area (Å²) in [6.07, 6.45) is 8.95. The predicted molar refractivity (Wildman–Crippen MR) is 101 cm³/mol. The molecule has 25 heavy (non-hydrogen) atoms. The van der Waals surface area contributed by atoms with Crippen LogP contribution in [0.25, 0.3) is 0 Å². The first kappa shape index (κ1) is 18.1. The van der Waals surface area contributed by atoms with E-state index in [9.17, 15) is 4.79 Å². The van der Waals surface area contributed by atoms with Gasteiger partial charge in [0.05, 0.1) is 0 Å². The highest BCUT2D eigenvalue weighted by molar-refractivity contribution is 5.91. The highest BCUT2D eigenvalue weighted by atomic mass is 16.1. The minimum Gasteiger partial charge on any atom is -0.354 e. The Morgan fingerprint density at radius 3 is 2.64 bits per heavy atom. The molecule has 1 saturated carbocycles. The van der Waals surface area contributed by atoms with Crippen LogP contribution in [0.1, 0.15) is 52.4 Å². The molecule has 6 nitrogen and oxygen atoms in total. The van der Waals surface area contributed by atoms with Crippen molar-refractivity contribution in [2.24, 2.45) is 5.92 Å². The summed E-state index contributed by atoms with van der Waals surface area (Å²) in [7, 11) is 0. The van der Waals surface area contributed by atoms with E-state index in [1.165, 1.54) is 25.7 Å². The van der Waals surface area contributed by atoms with Gasteiger partial charge >= 0.3 is 0 Å². The summed E-state index contributed by atoms with van der Waals surface area (Å²) >= 11 is 0. The van der Waals surface area contributed by atoms with Crippen LogP contribution in [-0.2, 0) is 4.79 Å². The molecular formula is C19H31N5O. The lowest BCUT2D eigenvalue weighted by atomic mass is 10.1. The van der Waals surface area contributed by atoms with Gasteiger partial charge in [-0.05, 0) is 19.3 Å². The lowest BCUT2D eigenvalue weighted by Crippen LogP contribution is -2.50. The number of piperazine rings is 1. The molecule has 1 amide bonds. The van der Waals surface area contributed by atoms with Gasteiger partial charge in [0.25, 0.3) is 0 Å². The molecule has 3 rings (SSSR count). The van der Waals surface area contributed by atoms with Crippen molar-refractivity contribution in [2.75, 3.05) is 36.4 Å². The van der Waals surface area contributed by atoms with Crippen molar-refractivity contribution in [3.8, 4) is 0 Å². The van der Waals surface area contributed by atoms with Crippen LogP contribution in [0.2, 0.25) is 0 Å². The number of hydrogen-bond donors (Lipinski definition) is 1. The van der Waals surface area contributed by atoms with Gasteiger partial charge in [0.1, 0.15) is 18.0 Å². The van der Waals surface area contributed by atoms with Gasteiger partial charge in [-0.1, -0.05) is 33.1 Å². The average molecular weight is 345 g/mol. The molecule has 1 unspecified atom stereocenters. The summed E-state index contributed by atoms with van der Waals surface area (Å²) < 4.78 is 0. The maximum absolute atomic E-state index is 12.2. The highest BCUT2D eigenvalue weighted by Crippen LogP contribution is 2.25. The Balaban J connectivity index is 1.55. The fourth-order valence-corrected chi connectivity index (χ4v) is 3.99. The molecular weight excluding hydrogens is 314 g/mol.